The molecule has 1 aliphatic heterocycles. The SMILES string of the molecule is COc1cc(C(=O)OCCSCC(C)C)cc2c1OCCO2. The molecule has 1 heterocycles. The Bertz CT molecular complexity index is 498. The number of fused-ring (bicyclic) bond motifs is 1. The highest BCUT2D eigenvalue weighted by Crippen LogP contribution is 2.40. The van der Waals surface area contributed by atoms with Gasteiger partial charge in [0.2, 0.25) is 5.75 Å². The maximum atomic E-state index is 12.1. The first-order valence-corrected chi connectivity index (χ1v) is 8.49. The van der Waals surface area contributed by atoms with Gasteiger partial charge in [-0.25, -0.2) is 4.79 Å². The number of benzene rings is 1. The molecule has 0 fully saturated rings. The minimum atomic E-state index is -0.375. The largest absolute Gasteiger partial charge is 0.493 e. The molecule has 0 spiro atoms. The highest BCUT2D eigenvalue weighted by atomic mass is 32.2. The standard InChI is InChI=1S/C16H22O5S/c1-11(2)10-22-7-6-21-16(17)12-8-13(18-3)15-14(9-12)19-4-5-20-15/h8-9,11H,4-7,10H2,1-3H3. The summed E-state index contributed by atoms with van der Waals surface area (Å²) in [7, 11) is 1.53. The number of hydrogen-bond acceptors (Lipinski definition) is 6. The molecule has 0 bridgehead atoms. The molecular weight excluding hydrogens is 304 g/mol. The smallest absolute Gasteiger partial charge is 0.338 e. The Labute approximate surface area is 135 Å². The van der Waals surface area contributed by atoms with Gasteiger partial charge in [-0.05, 0) is 23.8 Å². The first-order valence-electron chi connectivity index (χ1n) is 7.34. The number of thioether (sulfide) groups is 1. The summed E-state index contributed by atoms with van der Waals surface area (Å²) in [4.78, 5) is 12.1. The van der Waals surface area contributed by atoms with E-state index in [0.29, 0.717) is 48.6 Å². The Kier molecular flexibility index (Phi) is 6.24. The Hall–Kier alpha value is -1.56. The average molecular weight is 326 g/mol. The van der Waals surface area contributed by atoms with Gasteiger partial charge in [-0.3, -0.25) is 0 Å². The van der Waals surface area contributed by atoms with E-state index >= 15 is 0 Å². The lowest BCUT2D eigenvalue weighted by Gasteiger charge is -2.21. The van der Waals surface area contributed by atoms with Crippen LogP contribution >= 0.6 is 11.8 Å². The predicted octanol–water partition coefficient (Wildman–Crippen LogP) is 3.01. The van der Waals surface area contributed by atoms with E-state index in [4.69, 9.17) is 18.9 Å². The number of rotatable bonds is 7. The van der Waals surface area contributed by atoms with Crippen LogP contribution in [0.1, 0.15) is 24.2 Å². The molecule has 5 nitrogen and oxygen atoms in total. The van der Waals surface area contributed by atoms with Crippen LogP contribution in [0.5, 0.6) is 17.2 Å². The van der Waals surface area contributed by atoms with E-state index in [2.05, 4.69) is 13.8 Å². The van der Waals surface area contributed by atoms with Gasteiger partial charge < -0.3 is 18.9 Å². The van der Waals surface area contributed by atoms with Crippen LogP contribution in [0.3, 0.4) is 0 Å². The Morgan fingerprint density at radius 1 is 1.32 bits per heavy atom. The Balaban J connectivity index is 1.95. The Morgan fingerprint density at radius 2 is 2.09 bits per heavy atom. The van der Waals surface area contributed by atoms with Gasteiger partial charge in [0.1, 0.15) is 19.8 Å². The van der Waals surface area contributed by atoms with E-state index in [1.165, 1.54) is 7.11 Å². The van der Waals surface area contributed by atoms with Crippen molar-refractivity contribution in [3.8, 4) is 17.2 Å². The van der Waals surface area contributed by atoms with Crippen LogP contribution in [-0.2, 0) is 4.74 Å². The summed E-state index contributed by atoms with van der Waals surface area (Å²) >= 11 is 1.78. The van der Waals surface area contributed by atoms with Crippen LogP contribution < -0.4 is 14.2 Å². The maximum absolute atomic E-state index is 12.1. The molecule has 0 atom stereocenters. The number of esters is 1. The summed E-state index contributed by atoms with van der Waals surface area (Å²) in [5.41, 5.74) is 0.412. The van der Waals surface area contributed by atoms with E-state index in [9.17, 15) is 4.79 Å². The van der Waals surface area contributed by atoms with Crippen molar-refractivity contribution in [2.24, 2.45) is 5.92 Å². The summed E-state index contributed by atoms with van der Waals surface area (Å²) < 4.78 is 21.6. The van der Waals surface area contributed by atoms with Gasteiger partial charge in [-0.2, -0.15) is 11.8 Å². The molecular formula is C16H22O5S. The third-order valence-electron chi connectivity index (χ3n) is 2.98. The zero-order valence-electron chi connectivity index (χ0n) is 13.2. The third kappa shape index (κ3) is 4.47. The number of hydrogen-bond donors (Lipinski definition) is 0. The van der Waals surface area contributed by atoms with Crippen molar-refractivity contribution in [2.45, 2.75) is 13.8 Å². The molecule has 2 rings (SSSR count). The molecule has 122 valence electrons. The molecule has 1 aromatic carbocycles. The molecule has 1 aliphatic rings. The number of methoxy groups -OCH3 is 1. The fourth-order valence-electron chi connectivity index (χ4n) is 1.99. The van der Waals surface area contributed by atoms with Crippen molar-refractivity contribution in [3.63, 3.8) is 0 Å². The summed E-state index contributed by atoms with van der Waals surface area (Å²) in [6, 6.07) is 3.26. The quantitative estimate of drug-likeness (QED) is 0.567. The Morgan fingerprint density at radius 3 is 2.82 bits per heavy atom. The molecule has 0 unspecified atom stereocenters. The molecule has 0 radical (unpaired) electrons. The summed E-state index contributed by atoms with van der Waals surface area (Å²) in [6.45, 7) is 5.66. The van der Waals surface area contributed by atoms with Crippen molar-refractivity contribution in [1.29, 1.82) is 0 Å². The zero-order valence-corrected chi connectivity index (χ0v) is 14.0. The molecule has 6 heteroatoms. The molecule has 0 saturated carbocycles. The number of carbonyl (C=O) groups excluding carboxylic acids is 1. The fraction of sp³-hybridized carbons (Fsp3) is 0.562. The van der Waals surface area contributed by atoms with Crippen molar-refractivity contribution in [3.05, 3.63) is 17.7 Å². The van der Waals surface area contributed by atoms with Gasteiger partial charge in [-0.15, -0.1) is 0 Å². The normalized spacial score (nSPS) is 13.1. The van der Waals surface area contributed by atoms with Gasteiger partial charge in [-0.1, -0.05) is 13.8 Å². The summed E-state index contributed by atoms with van der Waals surface area (Å²) in [5, 5.41) is 0. The lowest BCUT2D eigenvalue weighted by Crippen LogP contribution is -2.17. The second-order valence-corrected chi connectivity index (χ2v) is 6.46. The van der Waals surface area contributed by atoms with Crippen molar-refractivity contribution >= 4 is 17.7 Å². The summed E-state index contributed by atoms with van der Waals surface area (Å²) in [6.07, 6.45) is 0. The molecule has 22 heavy (non-hydrogen) atoms. The van der Waals surface area contributed by atoms with Crippen LogP contribution in [0.2, 0.25) is 0 Å². The second kappa shape index (κ2) is 8.17. The van der Waals surface area contributed by atoms with Crippen LogP contribution in [0.25, 0.3) is 0 Å². The molecule has 1 aromatic rings. The molecule has 0 saturated heterocycles. The monoisotopic (exact) mass is 326 g/mol. The van der Waals surface area contributed by atoms with Gasteiger partial charge in [0.25, 0.3) is 0 Å². The third-order valence-corrected chi connectivity index (χ3v) is 4.33. The molecule has 0 aromatic heterocycles. The van der Waals surface area contributed by atoms with Crippen LogP contribution in [0, 0.1) is 5.92 Å². The van der Waals surface area contributed by atoms with Gasteiger partial charge in [0.15, 0.2) is 11.5 Å². The van der Waals surface area contributed by atoms with E-state index in [1.807, 2.05) is 0 Å². The van der Waals surface area contributed by atoms with Crippen LogP contribution in [0.4, 0.5) is 0 Å². The first-order chi connectivity index (χ1) is 10.6. The minimum Gasteiger partial charge on any atom is -0.493 e. The molecule has 0 N–H and O–H groups in total. The first kappa shape index (κ1) is 16.8. The zero-order chi connectivity index (χ0) is 15.9. The van der Waals surface area contributed by atoms with Gasteiger partial charge in [0.05, 0.1) is 12.7 Å². The number of carbonyl (C=O) groups is 1. The number of ether oxygens (including phenoxy) is 4. The van der Waals surface area contributed by atoms with E-state index in [1.54, 1.807) is 23.9 Å². The highest BCUT2D eigenvalue weighted by molar-refractivity contribution is 7.99. The molecule has 0 aliphatic carbocycles. The predicted molar refractivity (Wildman–Crippen MR) is 86.4 cm³/mol. The van der Waals surface area contributed by atoms with E-state index in [-0.39, 0.29) is 5.97 Å². The highest BCUT2D eigenvalue weighted by Gasteiger charge is 2.21. The fourth-order valence-corrected chi connectivity index (χ4v) is 2.83. The van der Waals surface area contributed by atoms with Gasteiger partial charge >= 0.3 is 5.97 Å². The average Bonchev–Trinajstić information content (AvgIpc) is 2.52. The van der Waals surface area contributed by atoms with E-state index < -0.39 is 0 Å². The minimum absolute atomic E-state index is 0.375. The van der Waals surface area contributed by atoms with Crippen molar-refractivity contribution < 1.29 is 23.7 Å². The lowest BCUT2D eigenvalue weighted by atomic mass is 10.1. The van der Waals surface area contributed by atoms with Crippen LogP contribution in [-0.4, -0.2) is 44.4 Å². The van der Waals surface area contributed by atoms with Gasteiger partial charge in [0, 0.05) is 5.75 Å². The van der Waals surface area contributed by atoms with Crippen molar-refractivity contribution in [2.75, 3.05) is 38.4 Å². The van der Waals surface area contributed by atoms with Crippen molar-refractivity contribution in [1.82, 2.24) is 0 Å². The molecule has 0 amide bonds. The van der Waals surface area contributed by atoms with E-state index in [0.717, 1.165) is 11.5 Å². The second-order valence-electron chi connectivity index (χ2n) is 5.31. The lowest BCUT2D eigenvalue weighted by molar-refractivity contribution is 0.0528. The summed E-state index contributed by atoms with van der Waals surface area (Å²) in [5.74, 6) is 3.67. The topological polar surface area (TPSA) is 54.0 Å². The maximum Gasteiger partial charge on any atom is 0.338 e. The van der Waals surface area contributed by atoms with Crippen LogP contribution in [0.15, 0.2) is 12.1 Å².